The first-order valence-corrected chi connectivity index (χ1v) is 14.6. The molecule has 0 fully saturated rings. The Labute approximate surface area is 213 Å². The Morgan fingerprint density at radius 2 is 1.51 bits per heavy atom. The van der Waals surface area contributed by atoms with E-state index >= 15 is 0 Å². The average molecular weight is 521 g/mol. The van der Waals surface area contributed by atoms with E-state index in [0.29, 0.717) is 17.4 Å². The zero-order chi connectivity index (χ0) is 26.4. The number of hydrogen-bond acceptors (Lipinski definition) is 6. The molecule has 0 aliphatic heterocycles. The average Bonchev–Trinajstić information content (AvgIpc) is 2.78. The van der Waals surface area contributed by atoms with Gasteiger partial charge in [0, 0.05) is 6.42 Å². The second-order valence-corrected chi connectivity index (χ2v) is 11.3. The number of carbonyl (C=O) groups is 1. The number of aliphatic hydroxyl groups excluding tert-OH is 1. The zero-order valence-electron chi connectivity index (χ0n) is 22.5. The lowest BCUT2D eigenvalue weighted by atomic mass is 10.1. The predicted molar refractivity (Wildman–Crippen MR) is 141 cm³/mol. The molecule has 35 heavy (non-hydrogen) atoms. The van der Waals surface area contributed by atoms with Crippen LogP contribution in [-0.4, -0.2) is 74.1 Å². The molecule has 206 valence electrons. The van der Waals surface area contributed by atoms with E-state index in [4.69, 9.17) is 13.8 Å². The Morgan fingerprint density at radius 1 is 0.914 bits per heavy atom. The highest BCUT2D eigenvalue weighted by Crippen LogP contribution is 2.43. The Morgan fingerprint density at radius 3 is 2.11 bits per heavy atom. The van der Waals surface area contributed by atoms with Gasteiger partial charge in [-0.1, -0.05) is 63.3 Å². The largest absolute Gasteiger partial charge is 0.472 e. The molecule has 2 N–H and O–H groups in total. The maximum Gasteiger partial charge on any atom is 0.472 e. The summed E-state index contributed by atoms with van der Waals surface area (Å²) in [7, 11) is 1.53. The van der Waals surface area contributed by atoms with E-state index in [1.165, 1.54) is 25.7 Å². The summed E-state index contributed by atoms with van der Waals surface area (Å²) in [5.41, 5.74) is 0. The van der Waals surface area contributed by atoms with Gasteiger partial charge in [-0.05, 0) is 38.5 Å². The number of carbonyl (C=O) groups excluding carboxylic acids is 1. The summed E-state index contributed by atoms with van der Waals surface area (Å²) in [6, 6.07) is 0. The monoisotopic (exact) mass is 520 g/mol. The molecular formula is C26H51NO7P+. The highest BCUT2D eigenvalue weighted by molar-refractivity contribution is 7.47. The summed E-state index contributed by atoms with van der Waals surface area (Å²) >= 11 is 0. The Bertz CT molecular complexity index is 632. The number of esters is 1. The first-order valence-electron chi connectivity index (χ1n) is 13.1. The highest BCUT2D eigenvalue weighted by Gasteiger charge is 2.25. The maximum atomic E-state index is 12.0. The molecule has 8 nitrogen and oxygen atoms in total. The van der Waals surface area contributed by atoms with Gasteiger partial charge in [0.05, 0.1) is 34.4 Å². The molecule has 0 aromatic rings. The van der Waals surface area contributed by atoms with E-state index in [9.17, 15) is 19.4 Å². The smallest absolute Gasteiger partial charge is 0.457 e. The van der Waals surface area contributed by atoms with Crippen LogP contribution < -0.4 is 0 Å². The van der Waals surface area contributed by atoms with Crippen molar-refractivity contribution < 1.29 is 37.6 Å². The molecule has 0 saturated carbocycles. The number of quaternary nitrogens is 1. The van der Waals surface area contributed by atoms with Gasteiger partial charge in [0.1, 0.15) is 19.3 Å². The van der Waals surface area contributed by atoms with E-state index in [1.807, 2.05) is 21.1 Å². The van der Waals surface area contributed by atoms with Crippen molar-refractivity contribution in [3.05, 3.63) is 24.3 Å². The lowest BCUT2D eigenvalue weighted by Crippen LogP contribution is -2.37. The topological polar surface area (TPSA) is 102 Å². The van der Waals surface area contributed by atoms with Gasteiger partial charge in [0.15, 0.2) is 0 Å². The molecule has 0 aromatic carbocycles. The van der Waals surface area contributed by atoms with Gasteiger partial charge in [-0.3, -0.25) is 13.8 Å². The SMILES string of the molecule is CCCCC/C=C\C/C=C\CCCCCCCC(=O)O[C@@H](CO)COP(=O)(O)OCC[N+](C)(C)C. The molecule has 9 heteroatoms. The predicted octanol–water partition coefficient (Wildman–Crippen LogP) is 5.54. The third-order valence-electron chi connectivity index (χ3n) is 5.27. The highest BCUT2D eigenvalue weighted by atomic mass is 31.2. The minimum atomic E-state index is -4.26. The van der Waals surface area contributed by atoms with Crippen LogP contribution in [0.5, 0.6) is 0 Å². The number of rotatable bonds is 23. The summed E-state index contributed by atoms with van der Waals surface area (Å²) in [6.07, 6.45) is 20.3. The Hall–Kier alpha value is -1.02. The molecule has 0 spiro atoms. The maximum absolute atomic E-state index is 12.0. The summed E-state index contributed by atoms with van der Waals surface area (Å²) < 4.78 is 27.4. The Balaban J connectivity index is 3.80. The normalized spacial score (nSPS) is 15.0. The fourth-order valence-electron chi connectivity index (χ4n) is 3.09. The van der Waals surface area contributed by atoms with E-state index in [2.05, 4.69) is 31.2 Å². The number of likely N-dealkylation sites (N-methyl/N-ethyl adjacent to an activating group) is 1. The van der Waals surface area contributed by atoms with Crippen molar-refractivity contribution in [2.24, 2.45) is 0 Å². The van der Waals surface area contributed by atoms with Crippen LogP contribution in [0.25, 0.3) is 0 Å². The number of nitrogens with zero attached hydrogens (tertiary/aromatic N) is 1. The van der Waals surface area contributed by atoms with Crippen molar-refractivity contribution in [2.75, 3.05) is 47.5 Å². The third-order valence-corrected chi connectivity index (χ3v) is 6.26. The molecule has 0 radical (unpaired) electrons. The molecule has 0 aliphatic rings. The second-order valence-electron chi connectivity index (χ2n) is 9.89. The van der Waals surface area contributed by atoms with Gasteiger partial charge in [0.25, 0.3) is 0 Å². The van der Waals surface area contributed by atoms with Gasteiger partial charge >= 0.3 is 13.8 Å². The Kier molecular flexibility index (Phi) is 20.5. The molecule has 0 heterocycles. The number of unbranched alkanes of at least 4 members (excludes halogenated alkanes) is 8. The van der Waals surface area contributed by atoms with E-state index in [1.54, 1.807) is 0 Å². The number of phosphoric acid groups is 1. The fourth-order valence-corrected chi connectivity index (χ4v) is 3.84. The second kappa shape index (κ2) is 21.1. The quantitative estimate of drug-likeness (QED) is 0.0599. The van der Waals surface area contributed by atoms with Crippen LogP contribution in [0.15, 0.2) is 24.3 Å². The number of aliphatic hydroxyl groups is 1. The van der Waals surface area contributed by atoms with E-state index in [-0.39, 0.29) is 13.0 Å². The van der Waals surface area contributed by atoms with Crippen molar-refractivity contribution in [3.8, 4) is 0 Å². The third kappa shape index (κ3) is 24.5. The van der Waals surface area contributed by atoms with Crippen LogP contribution >= 0.6 is 7.82 Å². The number of hydrogen-bond donors (Lipinski definition) is 2. The van der Waals surface area contributed by atoms with Gasteiger partial charge in [-0.25, -0.2) is 4.57 Å². The minimum absolute atomic E-state index is 0.0493. The molecule has 0 rings (SSSR count). The van der Waals surface area contributed by atoms with Crippen molar-refractivity contribution >= 4 is 13.8 Å². The van der Waals surface area contributed by atoms with Crippen LogP contribution in [0.4, 0.5) is 0 Å². The minimum Gasteiger partial charge on any atom is -0.457 e. The van der Waals surface area contributed by atoms with Crippen LogP contribution in [0.1, 0.15) is 84.0 Å². The molecule has 0 aromatic heterocycles. The number of phosphoric ester groups is 1. The van der Waals surface area contributed by atoms with Crippen LogP contribution in [0.2, 0.25) is 0 Å². The fraction of sp³-hybridized carbons (Fsp3) is 0.808. The van der Waals surface area contributed by atoms with E-state index in [0.717, 1.165) is 38.5 Å². The lowest BCUT2D eigenvalue weighted by molar-refractivity contribution is -0.870. The van der Waals surface area contributed by atoms with Crippen LogP contribution in [0.3, 0.4) is 0 Å². The number of ether oxygens (including phenoxy) is 1. The molecule has 0 aliphatic carbocycles. The standard InChI is InChI=1S/C26H50NO7P/c1-5-6-7-8-9-10-11-12-13-14-15-16-17-18-19-20-26(29)34-25(23-28)24-33-35(30,31)32-22-21-27(2,3)4/h9-10,12-13,25,28H,5-8,11,14-24H2,1-4H3/p+1/b10-9-,13-12-/t25-/m0/s1. The first kappa shape index (κ1) is 34.0. The van der Waals surface area contributed by atoms with Crippen LogP contribution in [0, 0.1) is 0 Å². The van der Waals surface area contributed by atoms with Crippen molar-refractivity contribution in [3.63, 3.8) is 0 Å². The molecule has 0 saturated heterocycles. The summed E-state index contributed by atoms with van der Waals surface area (Å²) in [5.74, 6) is -0.447. The molecule has 2 atom stereocenters. The summed E-state index contributed by atoms with van der Waals surface area (Å²) in [6.45, 7) is 1.90. The van der Waals surface area contributed by atoms with Gasteiger partial charge in [-0.2, -0.15) is 0 Å². The van der Waals surface area contributed by atoms with E-state index < -0.39 is 33.1 Å². The van der Waals surface area contributed by atoms with Gasteiger partial charge in [-0.15, -0.1) is 0 Å². The molecule has 1 unspecified atom stereocenters. The van der Waals surface area contributed by atoms with Gasteiger partial charge < -0.3 is 19.2 Å². The van der Waals surface area contributed by atoms with Crippen molar-refractivity contribution in [1.82, 2.24) is 0 Å². The number of allylic oxidation sites excluding steroid dienone is 4. The van der Waals surface area contributed by atoms with Gasteiger partial charge in [0.2, 0.25) is 0 Å². The lowest BCUT2D eigenvalue weighted by Gasteiger charge is -2.24. The summed E-state index contributed by atoms with van der Waals surface area (Å²) in [4.78, 5) is 21.7. The first-order chi connectivity index (χ1) is 16.6. The molecule has 0 bridgehead atoms. The van der Waals surface area contributed by atoms with Crippen molar-refractivity contribution in [1.29, 1.82) is 0 Å². The molecular weight excluding hydrogens is 469 g/mol. The summed E-state index contributed by atoms with van der Waals surface area (Å²) in [5, 5.41) is 9.38. The molecule has 0 amide bonds. The zero-order valence-corrected chi connectivity index (χ0v) is 23.4. The van der Waals surface area contributed by atoms with Crippen LogP contribution in [-0.2, 0) is 23.1 Å². The van der Waals surface area contributed by atoms with Crippen molar-refractivity contribution in [2.45, 2.75) is 90.1 Å².